The van der Waals surface area contributed by atoms with E-state index in [1.165, 1.54) is 0 Å². The number of nitrogens with zero attached hydrogens (tertiary/aromatic N) is 3. The van der Waals surface area contributed by atoms with Crippen LogP contribution in [0.5, 0.6) is 0 Å². The van der Waals surface area contributed by atoms with Crippen molar-refractivity contribution in [1.82, 2.24) is 14.7 Å². The molecule has 0 radical (unpaired) electrons. The molecule has 0 spiro atoms. The van der Waals surface area contributed by atoms with Gasteiger partial charge < -0.3 is 14.5 Å². The van der Waals surface area contributed by atoms with Gasteiger partial charge in [0.05, 0.1) is 19.3 Å². The van der Waals surface area contributed by atoms with Crippen molar-refractivity contribution in [2.24, 2.45) is 0 Å². The van der Waals surface area contributed by atoms with Gasteiger partial charge >= 0.3 is 0 Å². The van der Waals surface area contributed by atoms with E-state index in [0.717, 1.165) is 12.1 Å². The first-order chi connectivity index (χ1) is 12.0. The molecule has 2 fully saturated rings. The van der Waals surface area contributed by atoms with Gasteiger partial charge in [0.1, 0.15) is 0 Å². The Balaban J connectivity index is 1.56. The minimum atomic E-state index is 0.0137. The molecule has 0 saturated carbocycles. The molecule has 2 heterocycles. The fourth-order valence-electron chi connectivity index (χ4n) is 3.44. The van der Waals surface area contributed by atoms with E-state index in [0.29, 0.717) is 39.3 Å². The standard InChI is InChI=1S/C19H27N3O3/c1-15-14-25-18(17-6-4-3-5-7-17)12-22(15)13-19(24)21-10-8-20(9-11-21)16(2)23/h3-7,15,18H,8-14H2,1-2H3. The van der Waals surface area contributed by atoms with Crippen molar-refractivity contribution >= 4 is 11.8 Å². The normalized spacial score (nSPS) is 25.0. The summed E-state index contributed by atoms with van der Waals surface area (Å²) in [7, 11) is 0. The smallest absolute Gasteiger partial charge is 0.236 e. The Labute approximate surface area is 149 Å². The van der Waals surface area contributed by atoms with Crippen LogP contribution in [0, 0.1) is 0 Å². The predicted molar refractivity (Wildman–Crippen MR) is 95.0 cm³/mol. The average Bonchev–Trinajstić information content (AvgIpc) is 2.64. The first-order valence-corrected chi connectivity index (χ1v) is 8.98. The molecule has 6 heteroatoms. The molecule has 0 bridgehead atoms. The molecule has 2 aliphatic rings. The molecule has 2 amide bonds. The molecule has 3 rings (SSSR count). The number of morpholine rings is 1. The van der Waals surface area contributed by atoms with Gasteiger partial charge in [0.2, 0.25) is 11.8 Å². The molecule has 2 saturated heterocycles. The third kappa shape index (κ3) is 4.38. The Hall–Kier alpha value is -1.92. The number of carbonyl (C=O) groups is 2. The second-order valence-electron chi connectivity index (χ2n) is 6.90. The third-order valence-electron chi connectivity index (χ3n) is 5.15. The highest BCUT2D eigenvalue weighted by atomic mass is 16.5. The van der Waals surface area contributed by atoms with Gasteiger partial charge in [-0.15, -0.1) is 0 Å². The highest BCUT2D eigenvalue weighted by Crippen LogP contribution is 2.24. The Kier molecular flexibility index (Phi) is 5.71. The monoisotopic (exact) mass is 345 g/mol. The molecule has 2 atom stereocenters. The quantitative estimate of drug-likeness (QED) is 0.824. The van der Waals surface area contributed by atoms with E-state index >= 15 is 0 Å². The zero-order valence-corrected chi connectivity index (χ0v) is 15.1. The third-order valence-corrected chi connectivity index (χ3v) is 5.15. The van der Waals surface area contributed by atoms with Crippen LogP contribution < -0.4 is 0 Å². The van der Waals surface area contributed by atoms with Crippen LogP contribution in [0.2, 0.25) is 0 Å². The average molecular weight is 345 g/mol. The predicted octanol–water partition coefficient (Wildman–Crippen LogP) is 1.14. The zero-order valence-electron chi connectivity index (χ0n) is 15.1. The van der Waals surface area contributed by atoms with E-state index in [-0.39, 0.29) is 24.0 Å². The van der Waals surface area contributed by atoms with Gasteiger partial charge in [-0.05, 0) is 12.5 Å². The summed E-state index contributed by atoms with van der Waals surface area (Å²) in [4.78, 5) is 30.0. The summed E-state index contributed by atoms with van der Waals surface area (Å²) in [5.41, 5.74) is 1.15. The van der Waals surface area contributed by atoms with Gasteiger partial charge in [0, 0.05) is 45.7 Å². The summed E-state index contributed by atoms with van der Waals surface area (Å²) in [6.45, 7) is 7.96. The number of amides is 2. The Morgan fingerprint density at radius 2 is 1.72 bits per heavy atom. The lowest BCUT2D eigenvalue weighted by Crippen LogP contribution is -2.54. The summed E-state index contributed by atoms with van der Waals surface area (Å²) in [5.74, 6) is 0.225. The molecule has 25 heavy (non-hydrogen) atoms. The molecule has 1 aromatic carbocycles. The summed E-state index contributed by atoms with van der Waals surface area (Å²) in [6, 6.07) is 10.4. The zero-order chi connectivity index (χ0) is 17.8. The number of rotatable bonds is 3. The summed E-state index contributed by atoms with van der Waals surface area (Å²) < 4.78 is 5.96. The van der Waals surface area contributed by atoms with Crippen LogP contribution >= 0.6 is 0 Å². The molecular formula is C19H27N3O3. The lowest BCUT2D eigenvalue weighted by Gasteiger charge is -2.40. The van der Waals surface area contributed by atoms with E-state index in [9.17, 15) is 9.59 Å². The number of hydrogen-bond donors (Lipinski definition) is 0. The van der Waals surface area contributed by atoms with Crippen LogP contribution in [-0.4, -0.2) is 78.4 Å². The first kappa shape index (κ1) is 17.9. The van der Waals surface area contributed by atoms with Crippen LogP contribution in [0.15, 0.2) is 30.3 Å². The van der Waals surface area contributed by atoms with Crippen molar-refractivity contribution in [3.63, 3.8) is 0 Å². The summed E-state index contributed by atoms with van der Waals surface area (Å²) in [5, 5.41) is 0. The van der Waals surface area contributed by atoms with Crippen LogP contribution in [0.4, 0.5) is 0 Å². The van der Waals surface area contributed by atoms with E-state index < -0.39 is 0 Å². The molecule has 136 valence electrons. The fourth-order valence-corrected chi connectivity index (χ4v) is 3.44. The van der Waals surface area contributed by atoms with Gasteiger partial charge in [-0.1, -0.05) is 30.3 Å². The van der Waals surface area contributed by atoms with Crippen molar-refractivity contribution in [1.29, 1.82) is 0 Å². The lowest BCUT2D eigenvalue weighted by molar-refractivity contribution is -0.141. The fraction of sp³-hybridized carbons (Fsp3) is 0.579. The van der Waals surface area contributed by atoms with Crippen molar-refractivity contribution in [3.8, 4) is 0 Å². The van der Waals surface area contributed by atoms with Crippen molar-refractivity contribution in [2.75, 3.05) is 45.9 Å². The molecule has 2 aliphatic heterocycles. The van der Waals surface area contributed by atoms with E-state index in [4.69, 9.17) is 4.74 Å². The largest absolute Gasteiger partial charge is 0.371 e. The maximum absolute atomic E-state index is 12.7. The van der Waals surface area contributed by atoms with Crippen LogP contribution in [-0.2, 0) is 14.3 Å². The summed E-state index contributed by atoms with van der Waals surface area (Å²) >= 11 is 0. The van der Waals surface area contributed by atoms with E-state index in [2.05, 4.69) is 24.0 Å². The highest BCUT2D eigenvalue weighted by Gasteiger charge is 2.30. The van der Waals surface area contributed by atoms with Crippen molar-refractivity contribution in [2.45, 2.75) is 26.0 Å². The van der Waals surface area contributed by atoms with E-state index in [1.54, 1.807) is 11.8 Å². The minimum Gasteiger partial charge on any atom is -0.371 e. The molecule has 6 nitrogen and oxygen atoms in total. The van der Waals surface area contributed by atoms with Crippen LogP contribution in [0.3, 0.4) is 0 Å². The lowest BCUT2D eigenvalue weighted by atomic mass is 10.1. The highest BCUT2D eigenvalue weighted by molar-refractivity contribution is 5.79. The molecule has 0 aliphatic carbocycles. The summed E-state index contributed by atoms with van der Waals surface area (Å²) in [6.07, 6.45) is 0.0137. The molecule has 0 N–H and O–H groups in total. The maximum atomic E-state index is 12.7. The number of benzene rings is 1. The van der Waals surface area contributed by atoms with Crippen molar-refractivity contribution in [3.05, 3.63) is 35.9 Å². The van der Waals surface area contributed by atoms with Gasteiger partial charge in [0.15, 0.2) is 0 Å². The Bertz CT molecular complexity index is 599. The van der Waals surface area contributed by atoms with Gasteiger partial charge in [-0.3, -0.25) is 14.5 Å². The molecular weight excluding hydrogens is 318 g/mol. The van der Waals surface area contributed by atoms with E-state index in [1.807, 2.05) is 23.1 Å². The maximum Gasteiger partial charge on any atom is 0.236 e. The van der Waals surface area contributed by atoms with Gasteiger partial charge in [0.25, 0.3) is 0 Å². The first-order valence-electron chi connectivity index (χ1n) is 8.98. The molecule has 1 aromatic rings. The van der Waals surface area contributed by atoms with Gasteiger partial charge in [-0.25, -0.2) is 0 Å². The number of piperazine rings is 1. The topological polar surface area (TPSA) is 53.1 Å². The second kappa shape index (κ2) is 7.97. The molecule has 2 unspecified atom stereocenters. The van der Waals surface area contributed by atoms with Crippen LogP contribution in [0.1, 0.15) is 25.5 Å². The van der Waals surface area contributed by atoms with Gasteiger partial charge in [-0.2, -0.15) is 0 Å². The minimum absolute atomic E-state index is 0.0137. The molecule has 0 aromatic heterocycles. The number of ether oxygens (including phenoxy) is 1. The van der Waals surface area contributed by atoms with Crippen molar-refractivity contribution < 1.29 is 14.3 Å². The number of hydrogen-bond acceptors (Lipinski definition) is 4. The SMILES string of the molecule is CC(=O)N1CCN(C(=O)CN2CC(c3ccccc3)OCC2C)CC1. The second-order valence-corrected chi connectivity index (χ2v) is 6.90. The Morgan fingerprint density at radius 1 is 1.08 bits per heavy atom. The van der Waals surface area contributed by atoms with Crippen LogP contribution in [0.25, 0.3) is 0 Å². The Morgan fingerprint density at radius 3 is 2.36 bits per heavy atom. The number of carbonyl (C=O) groups excluding carboxylic acids is 2.